The molecule has 0 saturated heterocycles. The van der Waals surface area contributed by atoms with Gasteiger partial charge in [-0.1, -0.05) is 20.8 Å². The van der Waals surface area contributed by atoms with E-state index in [1.54, 1.807) is 0 Å². The Labute approximate surface area is 91.1 Å². The molecule has 0 aromatic heterocycles. The maximum atomic E-state index is 10.1. The number of hydrogen-bond donors (Lipinski definition) is 3. The lowest BCUT2D eigenvalue weighted by Gasteiger charge is -2.42. The molecule has 2 saturated carbocycles. The van der Waals surface area contributed by atoms with E-state index in [0.717, 1.165) is 6.42 Å². The van der Waals surface area contributed by atoms with Gasteiger partial charge >= 0.3 is 0 Å². The van der Waals surface area contributed by atoms with E-state index >= 15 is 0 Å². The highest BCUT2D eigenvalue weighted by atomic mass is 16.3. The predicted molar refractivity (Wildman–Crippen MR) is 57.2 cm³/mol. The molecule has 5 atom stereocenters. The number of fused-ring (bicyclic) bond motifs is 2. The van der Waals surface area contributed by atoms with Crippen LogP contribution in [0.4, 0.5) is 0 Å². The molecule has 2 fully saturated rings. The standard InChI is InChI=1S/C12H22O3/c1-11(2)8-4-10(15)12(11,3)9(6-14)7(8)5-13/h7-10,13-15H,4-6H2,1-3H3. The van der Waals surface area contributed by atoms with Crippen LogP contribution < -0.4 is 0 Å². The summed E-state index contributed by atoms with van der Waals surface area (Å²) in [5.74, 6) is 0.518. The van der Waals surface area contributed by atoms with Gasteiger partial charge in [0.25, 0.3) is 0 Å². The molecule has 3 N–H and O–H groups in total. The fourth-order valence-electron chi connectivity index (χ4n) is 4.35. The molecule has 0 heterocycles. The molecule has 2 aliphatic rings. The summed E-state index contributed by atoms with van der Waals surface area (Å²) in [6.07, 6.45) is 0.433. The van der Waals surface area contributed by atoms with Crippen LogP contribution in [0.2, 0.25) is 0 Å². The number of rotatable bonds is 2. The monoisotopic (exact) mass is 214 g/mol. The van der Waals surface area contributed by atoms with Crippen LogP contribution in [0.25, 0.3) is 0 Å². The summed E-state index contributed by atoms with van der Waals surface area (Å²) >= 11 is 0. The van der Waals surface area contributed by atoms with Crippen molar-refractivity contribution >= 4 is 0 Å². The van der Waals surface area contributed by atoms with E-state index in [1.165, 1.54) is 0 Å². The van der Waals surface area contributed by atoms with Gasteiger partial charge in [0.2, 0.25) is 0 Å². The maximum absolute atomic E-state index is 10.1. The lowest BCUT2D eigenvalue weighted by atomic mass is 9.65. The van der Waals surface area contributed by atoms with Crippen LogP contribution in [-0.2, 0) is 0 Å². The Bertz CT molecular complexity index is 264. The third-order valence-electron chi connectivity index (χ3n) is 5.70. The summed E-state index contributed by atoms with van der Waals surface area (Å²) in [5.41, 5.74) is -0.243. The Morgan fingerprint density at radius 3 is 2.20 bits per heavy atom. The van der Waals surface area contributed by atoms with Crippen LogP contribution in [0.5, 0.6) is 0 Å². The van der Waals surface area contributed by atoms with E-state index in [1.807, 2.05) is 0 Å². The molecule has 0 aliphatic heterocycles. The van der Waals surface area contributed by atoms with Gasteiger partial charge in [0, 0.05) is 18.6 Å². The van der Waals surface area contributed by atoms with Gasteiger partial charge in [0.15, 0.2) is 0 Å². The minimum atomic E-state index is -0.336. The number of aliphatic hydroxyl groups excluding tert-OH is 3. The van der Waals surface area contributed by atoms with E-state index in [9.17, 15) is 15.3 Å². The van der Waals surface area contributed by atoms with Crippen molar-refractivity contribution in [2.24, 2.45) is 28.6 Å². The minimum Gasteiger partial charge on any atom is -0.396 e. The van der Waals surface area contributed by atoms with Crippen LogP contribution >= 0.6 is 0 Å². The molecule has 0 aromatic rings. The highest BCUT2D eigenvalue weighted by molar-refractivity contribution is 5.17. The molecule has 88 valence electrons. The quantitative estimate of drug-likeness (QED) is 0.632. The zero-order chi connectivity index (χ0) is 11.4. The van der Waals surface area contributed by atoms with Crippen molar-refractivity contribution in [2.45, 2.75) is 33.3 Å². The Kier molecular flexibility index (Phi) is 2.42. The van der Waals surface area contributed by atoms with Crippen LogP contribution in [0.3, 0.4) is 0 Å². The van der Waals surface area contributed by atoms with E-state index in [-0.39, 0.29) is 42.0 Å². The van der Waals surface area contributed by atoms with Gasteiger partial charge in [-0.3, -0.25) is 0 Å². The van der Waals surface area contributed by atoms with Crippen LogP contribution in [0, 0.1) is 28.6 Å². The normalized spacial score (nSPS) is 52.4. The first kappa shape index (κ1) is 11.4. The second-order valence-corrected chi connectivity index (χ2v) is 6.00. The third kappa shape index (κ3) is 1.07. The third-order valence-corrected chi connectivity index (χ3v) is 5.70. The summed E-state index contributed by atoms with van der Waals surface area (Å²) in [4.78, 5) is 0. The lowest BCUT2D eigenvalue weighted by Crippen LogP contribution is -2.45. The number of aliphatic hydroxyl groups is 3. The molecular formula is C12H22O3. The summed E-state index contributed by atoms with van der Waals surface area (Å²) in [6.45, 7) is 6.58. The average molecular weight is 214 g/mol. The molecule has 15 heavy (non-hydrogen) atoms. The van der Waals surface area contributed by atoms with Gasteiger partial charge in [0.05, 0.1) is 6.10 Å². The largest absolute Gasteiger partial charge is 0.396 e. The molecule has 0 spiro atoms. The Balaban J connectivity index is 2.44. The molecule has 2 bridgehead atoms. The highest BCUT2D eigenvalue weighted by Crippen LogP contribution is 2.69. The van der Waals surface area contributed by atoms with Crippen molar-refractivity contribution in [2.75, 3.05) is 13.2 Å². The zero-order valence-corrected chi connectivity index (χ0v) is 9.77. The van der Waals surface area contributed by atoms with E-state index in [0.29, 0.717) is 5.92 Å². The molecular weight excluding hydrogens is 192 g/mol. The van der Waals surface area contributed by atoms with Crippen molar-refractivity contribution in [3.05, 3.63) is 0 Å². The highest BCUT2D eigenvalue weighted by Gasteiger charge is 2.69. The van der Waals surface area contributed by atoms with Crippen molar-refractivity contribution in [3.8, 4) is 0 Å². The van der Waals surface area contributed by atoms with Crippen LogP contribution in [0.1, 0.15) is 27.2 Å². The molecule has 2 rings (SSSR count). The topological polar surface area (TPSA) is 60.7 Å². The van der Waals surface area contributed by atoms with Gasteiger partial charge in [-0.05, 0) is 29.6 Å². The smallest absolute Gasteiger partial charge is 0.0605 e. The predicted octanol–water partition coefficient (Wildman–Crippen LogP) is 0.630. The van der Waals surface area contributed by atoms with Crippen molar-refractivity contribution in [1.29, 1.82) is 0 Å². The van der Waals surface area contributed by atoms with Crippen LogP contribution in [-0.4, -0.2) is 34.6 Å². The minimum absolute atomic E-state index is 0.00715. The molecule has 0 radical (unpaired) electrons. The van der Waals surface area contributed by atoms with E-state index < -0.39 is 0 Å². The molecule has 0 aromatic carbocycles. The molecule has 2 aliphatic carbocycles. The van der Waals surface area contributed by atoms with Crippen molar-refractivity contribution in [1.82, 2.24) is 0 Å². The van der Waals surface area contributed by atoms with Gasteiger partial charge in [0.1, 0.15) is 0 Å². The van der Waals surface area contributed by atoms with Crippen molar-refractivity contribution in [3.63, 3.8) is 0 Å². The fourth-order valence-corrected chi connectivity index (χ4v) is 4.35. The molecule has 3 nitrogen and oxygen atoms in total. The average Bonchev–Trinajstić information content (AvgIpc) is 2.45. The fraction of sp³-hybridized carbons (Fsp3) is 1.00. The Morgan fingerprint density at radius 2 is 1.73 bits per heavy atom. The lowest BCUT2D eigenvalue weighted by molar-refractivity contribution is -0.0620. The van der Waals surface area contributed by atoms with E-state index in [2.05, 4.69) is 20.8 Å². The second-order valence-electron chi connectivity index (χ2n) is 6.00. The Hall–Kier alpha value is -0.120. The first-order chi connectivity index (χ1) is 6.91. The summed E-state index contributed by atoms with van der Waals surface area (Å²) in [5, 5.41) is 29.0. The van der Waals surface area contributed by atoms with Crippen molar-refractivity contribution < 1.29 is 15.3 Å². The van der Waals surface area contributed by atoms with Crippen LogP contribution in [0.15, 0.2) is 0 Å². The number of hydrogen-bond acceptors (Lipinski definition) is 3. The van der Waals surface area contributed by atoms with Gasteiger partial charge in [-0.2, -0.15) is 0 Å². The van der Waals surface area contributed by atoms with Gasteiger partial charge in [-0.25, -0.2) is 0 Å². The maximum Gasteiger partial charge on any atom is 0.0605 e. The summed E-state index contributed by atoms with van der Waals surface area (Å²) in [6, 6.07) is 0. The van der Waals surface area contributed by atoms with Gasteiger partial charge in [-0.15, -0.1) is 0 Å². The molecule has 0 amide bonds. The summed E-state index contributed by atoms with van der Waals surface area (Å²) in [7, 11) is 0. The zero-order valence-electron chi connectivity index (χ0n) is 9.77. The SMILES string of the molecule is CC1(C)C2CC(O)C1(C)C(CO)C2CO. The molecule has 5 unspecified atom stereocenters. The van der Waals surface area contributed by atoms with E-state index in [4.69, 9.17) is 0 Å². The first-order valence-corrected chi connectivity index (χ1v) is 5.81. The molecule has 3 heteroatoms. The first-order valence-electron chi connectivity index (χ1n) is 5.81. The summed E-state index contributed by atoms with van der Waals surface area (Å²) < 4.78 is 0. The van der Waals surface area contributed by atoms with Gasteiger partial charge < -0.3 is 15.3 Å². The Morgan fingerprint density at radius 1 is 1.13 bits per heavy atom. The second kappa shape index (κ2) is 3.19.